The maximum atomic E-state index is 10.9. The van der Waals surface area contributed by atoms with Crippen LogP contribution < -0.4 is 11.5 Å². The lowest BCUT2D eigenvalue weighted by molar-refractivity contribution is -0.148. The van der Waals surface area contributed by atoms with Crippen molar-refractivity contribution in [1.82, 2.24) is 0 Å². The van der Waals surface area contributed by atoms with Crippen LogP contribution in [0, 0.1) is 0 Å². The standard InChI is InChI=1S/C6H14N2O2.2ClH/c1-3-10-5(9)6(2,8)4-7;;/h3-4,7-8H2,1-2H3;2*1H. The van der Waals surface area contributed by atoms with E-state index in [2.05, 4.69) is 4.74 Å². The fourth-order valence-electron chi connectivity index (χ4n) is 0.379. The molecule has 0 aliphatic heterocycles. The number of carbonyl (C=O) groups excluding carboxylic acids is 1. The van der Waals surface area contributed by atoms with Crippen LogP contribution in [0.2, 0.25) is 0 Å². The van der Waals surface area contributed by atoms with Crippen LogP contribution in [0.1, 0.15) is 13.8 Å². The number of hydrogen-bond acceptors (Lipinski definition) is 4. The van der Waals surface area contributed by atoms with E-state index in [0.29, 0.717) is 6.61 Å². The summed E-state index contributed by atoms with van der Waals surface area (Å²) < 4.78 is 4.65. The average Bonchev–Trinajstić information content (AvgIpc) is 1.89. The third kappa shape index (κ3) is 5.60. The van der Waals surface area contributed by atoms with Crippen LogP contribution in [-0.2, 0) is 9.53 Å². The molecular formula is C6H16Cl2N2O2. The summed E-state index contributed by atoms with van der Waals surface area (Å²) in [6.07, 6.45) is 0. The van der Waals surface area contributed by atoms with E-state index >= 15 is 0 Å². The number of carbonyl (C=O) groups is 1. The van der Waals surface area contributed by atoms with E-state index in [0.717, 1.165) is 0 Å². The van der Waals surface area contributed by atoms with E-state index in [9.17, 15) is 4.79 Å². The van der Waals surface area contributed by atoms with Gasteiger partial charge in [-0.3, -0.25) is 4.79 Å². The van der Waals surface area contributed by atoms with Crippen LogP contribution in [0.15, 0.2) is 0 Å². The minimum absolute atomic E-state index is 0. The maximum absolute atomic E-state index is 10.9. The van der Waals surface area contributed by atoms with Gasteiger partial charge in [-0.15, -0.1) is 24.8 Å². The molecule has 0 aliphatic rings. The Labute approximate surface area is 84.8 Å². The van der Waals surface area contributed by atoms with Crippen molar-refractivity contribution < 1.29 is 9.53 Å². The van der Waals surface area contributed by atoms with Gasteiger partial charge < -0.3 is 16.2 Å². The lowest BCUT2D eigenvalue weighted by Gasteiger charge is -2.19. The molecule has 0 bridgehead atoms. The van der Waals surface area contributed by atoms with Crippen LogP contribution in [0.25, 0.3) is 0 Å². The van der Waals surface area contributed by atoms with Crippen molar-refractivity contribution in [1.29, 1.82) is 0 Å². The van der Waals surface area contributed by atoms with E-state index in [4.69, 9.17) is 11.5 Å². The topological polar surface area (TPSA) is 78.3 Å². The Morgan fingerprint density at radius 3 is 2.17 bits per heavy atom. The van der Waals surface area contributed by atoms with Crippen LogP contribution >= 0.6 is 24.8 Å². The molecule has 0 radical (unpaired) electrons. The Morgan fingerprint density at radius 2 is 1.92 bits per heavy atom. The molecule has 12 heavy (non-hydrogen) atoms. The highest BCUT2D eigenvalue weighted by Gasteiger charge is 2.27. The molecule has 4 N–H and O–H groups in total. The molecule has 0 saturated heterocycles. The molecule has 0 aromatic heterocycles. The first kappa shape index (κ1) is 17.9. The molecule has 0 fully saturated rings. The maximum Gasteiger partial charge on any atom is 0.327 e. The van der Waals surface area contributed by atoms with Crippen molar-refractivity contribution >= 4 is 30.8 Å². The zero-order valence-electron chi connectivity index (χ0n) is 7.20. The monoisotopic (exact) mass is 218 g/mol. The summed E-state index contributed by atoms with van der Waals surface area (Å²) >= 11 is 0. The Hall–Kier alpha value is -0.0300. The number of ether oxygens (including phenoxy) is 1. The molecule has 76 valence electrons. The zero-order chi connectivity index (χ0) is 8.20. The summed E-state index contributed by atoms with van der Waals surface area (Å²) in [6, 6.07) is 0. The molecule has 0 amide bonds. The molecule has 0 rings (SSSR count). The first-order valence-electron chi connectivity index (χ1n) is 3.20. The molecule has 0 heterocycles. The number of hydrogen-bond donors (Lipinski definition) is 2. The molecule has 0 aromatic rings. The van der Waals surface area contributed by atoms with Gasteiger partial charge in [-0.1, -0.05) is 0 Å². The smallest absolute Gasteiger partial charge is 0.327 e. The molecule has 4 nitrogen and oxygen atoms in total. The summed E-state index contributed by atoms with van der Waals surface area (Å²) in [5.74, 6) is -0.447. The number of halogens is 2. The molecule has 1 atom stereocenters. The van der Waals surface area contributed by atoms with E-state index in [1.54, 1.807) is 13.8 Å². The van der Waals surface area contributed by atoms with Crippen molar-refractivity contribution in [3.8, 4) is 0 Å². The van der Waals surface area contributed by atoms with Gasteiger partial charge in [0.15, 0.2) is 0 Å². The minimum Gasteiger partial charge on any atom is -0.465 e. The lowest BCUT2D eigenvalue weighted by Crippen LogP contribution is -2.52. The van der Waals surface area contributed by atoms with Gasteiger partial charge >= 0.3 is 5.97 Å². The van der Waals surface area contributed by atoms with Crippen molar-refractivity contribution in [2.75, 3.05) is 13.2 Å². The highest BCUT2D eigenvalue weighted by molar-refractivity contribution is 5.85. The second-order valence-electron chi connectivity index (χ2n) is 2.34. The van der Waals surface area contributed by atoms with E-state index < -0.39 is 11.5 Å². The Bertz CT molecular complexity index is 131. The van der Waals surface area contributed by atoms with E-state index in [-0.39, 0.29) is 31.4 Å². The molecule has 0 spiro atoms. The van der Waals surface area contributed by atoms with E-state index in [1.807, 2.05) is 0 Å². The van der Waals surface area contributed by atoms with Gasteiger partial charge in [0.1, 0.15) is 5.54 Å². The van der Waals surface area contributed by atoms with E-state index in [1.165, 1.54) is 0 Å². The molecule has 0 aromatic carbocycles. The highest BCUT2D eigenvalue weighted by atomic mass is 35.5. The predicted molar refractivity (Wildman–Crippen MR) is 52.8 cm³/mol. The fourth-order valence-corrected chi connectivity index (χ4v) is 0.379. The summed E-state index contributed by atoms with van der Waals surface area (Å²) in [5.41, 5.74) is 9.63. The fraction of sp³-hybridized carbons (Fsp3) is 0.833. The van der Waals surface area contributed by atoms with Gasteiger partial charge in [-0.2, -0.15) is 0 Å². The Morgan fingerprint density at radius 1 is 1.50 bits per heavy atom. The van der Waals surface area contributed by atoms with Crippen LogP contribution in [0.5, 0.6) is 0 Å². The second kappa shape index (κ2) is 7.61. The summed E-state index contributed by atoms with van der Waals surface area (Å²) in [4.78, 5) is 10.9. The van der Waals surface area contributed by atoms with Crippen LogP contribution in [-0.4, -0.2) is 24.7 Å². The summed E-state index contributed by atoms with van der Waals surface area (Å²) in [5, 5.41) is 0. The van der Waals surface area contributed by atoms with Crippen LogP contribution in [0.4, 0.5) is 0 Å². The summed E-state index contributed by atoms with van der Waals surface area (Å²) in [6.45, 7) is 3.72. The molecule has 0 aliphatic carbocycles. The quantitative estimate of drug-likeness (QED) is 0.658. The normalized spacial score (nSPS) is 13.3. The third-order valence-electron chi connectivity index (χ3n) is 1.17. The van der Waals surface area contributed by atoms with Gasteiger partial charge in [0.05, 0.1) is 6.61 Å². The minimum atomic E-state index is -1.03. The number of nitrogens with two attached hydrogens (primary N) is 2. The first-order valence-corrected chi connectivity index (χ1v) is 3.20. The van der Waals surface area contributed by atoms with Gasteiger partial charge in [0, 0.05) is 6.54 Å². The lowest BCUT2D eigenvalue weighted by atomic mass is 10.1. The zero-order valence-corrected chi connectivity index (χ0v) is 8.83. The predicted octanol–water partition coefficient (Wildman–Crippen LogP) is 0.0692. The molecule has 6 heteroatoms. The SMILES string of the molecule is CCOC(=O)C(C)(N)CN.Cl.Cl. The number of rotatable bonds is 3. The third-order valence-corrected chi connectivity index (χ3v) is 1.17. The van der Waals surface area contributed by atoms with Gasteiger partial charge in [-0.25, -0.2) is 0 Å². The van der Waals surface area contributed by atoms with Gasteiger partial charge in [0.25, 0.3) is 0 Å². The Balaban J connectivity index is -0.000000405. The van der Waals surface area contributed by atoms with Crippen LogP contribution in [0.3, 0.4) is 0 Å². The van der Waals surface area contributed by atoms with Crippen molar-refractivity contribution in [3.05, 3.63) is 0 Å². The Kier molecular flexibility index (Phi) is 11.4. The highest BCUT2D eigenvalue weighted by Crippen LogP contribution is 1.98. The number of esters is 1. The first-order chi connectivity index (χ1) is 4.54. The van der Waals surface area contributed by atoms with Gasteiger partial charge in [0.2, 0.25) is 0 Å². The molecule has 1 unspecified atom stereocenters. The largest absolute Gasteiger partial charge is 0.465 e. The van der Waals surface area contributed by atoms with Crippen molar-refractivity contribution in [3.63, 3.8) is 0 Å². The summed E-state index contributed by atoms with van der Waals surface area (Å²) in [7, 11) is 0. The van der Waals surface area contributed by atoms with Crippen molar-refractivity contribution in [2.45, 2.75) is 19.4 Å². The average molecular weight is 219 g/mol. The second-order valence-corrected chi connectivity index (χ2v) is 2.34. The molecular weight excluding hydrogens is 203 g/mol. The molecule has 0 saturated carbocycles. The van der Waals surface area contributed by atoms with Gasteiger partial charge in [-0.05, 0) is 13.8 Å². The van der Waals surface area contributed by atoms with Crippen molar-refractivity contribution in [2.24, 2.45) is 11.5 Å².